The number of aromatic nitrogens is 1. The van der Waals surface area contributed by atoms with Crippen LogP contribution < -0.4 is 5.32 Å². The molecule has 1 amide bonds. The SMILES string of the molecule is O=C(Nc1ccc2oc(-c3cc(F)c(F)cc3Cl)nc2c1)c1ccc([N+](=O)[O-])cc1. The van der Waals surface area contributed by atoms with Gasteiger partial charge < -0.3 is 9.73 Å². The molecule has 0 aliphatic rings. The molecule has 7 nitrogen and oxygen atoms in total. The fraction of sp³-hybridized carbons (Fsp3) is 0. The number of benzene rings is 3. The number of nitrogens with zero attached hydrogens (tertiary/aromatic N) is 2. The van der Waals surface area contributed by atoms with Crippen molar-refractivity contribution in [1.82, 2.24) is 4.98 Å². The minimum absolute atomic E-state index is 0.00672. The number of carbonyl (C=O) groups excluding carboxylic acids is 1. The first kappa shape index (κ1) is 19.5. The summed E-state index contributed by atoms with van der Waals surface area (Å²) in [6.45, 7) is 0. The summed E-state index contributed by atoms with van der Waals surface area (Å²) in [4.78, 5) is 26.7. The Kier molecular flexibility index (Phi) is 4.88. The van der Waals surface area contributed by atoms with Crippen LogP contribution >= 0.6 is 11.6 Å². The number of rotatable bonds is 4. The number of hydrogen-bond acceptors (Lipinski definition) is 5. The van der Waals surface area contributed by atoms with E-state index >= 15 is 0 Å². The van der Waals surface area contributed by atoms with Crippen LogP contribution in [0.3, 0.4) is 0 Å². The lowest BCUT2D eigenvalue weighted by molar-refractivity contribution is -0.384. The zero-order chi connectivity index (χ0) is 21.4. The second kappa shape index (κ2) is 7.53. The smallest absolute Gasteiger partial charge is 0.269 e. The fourth-order valence-electron chi connectivity index (χ4n) is 2.74. The van der Waals surface area contributed by atoms with E-state index in [0.29, 0.717) is 16.8 Å². The molecule has 1 aromatic heterocycles. The highest BCUT2D eigenvalue weighted by atomic mass is 35.5. The molecule has 30 heavy (non-hydrogen) atoms. The lowest BCUT2D eigenvalue weighted by Crippen LogP contribution is -2.11. The molecule has 4 aromatic rings. The minimum atomic E-state index is -1.09. The van der Waals surface area contributed by atoms with Gasteiger partial charge in [0, 0.05) is 23.4 Å². The molecule has 0 unspecified atom stereocenters. The van der Waals surface area contributed by atoms with Crippen molar-refractivity contribution in [2.45, 2.75) is 0 Å². The average Bonchev–Trinajstić information content (AvgIpc) is 3.13. The molecule has 0 fully saturated rings. The minimum Gasteiger partial charge on any atom is -0.436 e. The van der Waals surface area contributed by atoms with E-state index in [1.54, 1.807) is 12.1 Å². The number of halogens is 3. The third-order valence-electron chi connectivity index (χ3n) is 4.23. The van der Waals surface area contributed by atoms with Gasteiger partial charge >= 0.3 is 0 Å². The number of carbonyl (C=O) groups is 1. The van der Waals surface area contributed by atoms with Gasteiger partial charge in [-0.15, -0.1) is 0 Å². The maximum atomic E-state index is 13.6. The second-order valence-electron chi connectivity index (χ2n) is 6.21. The second-order valence-corrected chi connectivity index (χ2v) is 6.61. The van der Waals surface area contributed by atoms with Gasteiger partial charge in [0.15, 0.2) is 17.2 Å². The zero-order valence-electron chi connectivity index (χ0n) is 14.9. The highest BCUT2D eigenvalue weighted by Gasteiger charge is 2.16. The Morgan fingerprint density at radius 1 is 1.07 bits per heavy atom. The largest absolute Gasteiger partial charge is 0.436 e. The van der Waals surface area contributed by atoms with Crippen LogP contribution in [0.1, 0.15) is 10.4 Å². The van der Waals surface area contributed by atoms with E-state index in [9.17, 15) is 23.7 Å². The molecule has 1 N–H and O–H groups in total. The molecule has 0 saturated carbocycles. The van der Waals surface area contributed by atoms with Crippen molar-refractivity contribution in [3.05, 3.63) is 86.9 Å². The number of fused-ring (bicyclic) bond motifs is 1. The van der Waals surface area contributed by atoms with Crippen LogP contribution in [0.15, 0.2) is 59.0 Å². The number of hydrogen-bond donors (Lipinski definition) is 1. The van der Waals surface area contributed by atoms with Crippen LogP contribution in [-0.4, -0.2) is 15.8 Å². The van der Waals surface area contributed by atoms with E-state index < -0.39 is 22.5 Å². The Labute approximate surface area is 172 Å². The average molecular weight is 430 g/mol. The van der Waals surface area contributed by atoms with Crippen molar-refractivity contribution in [2.75, 3.05) is 5.32 Å². The Bertz CT molecular complexity index is 1310. The molecule has 0 atom stereocenters. The van der Waals surface area contributed by atoms with Crippen LogP contribution in [0.4, 0.5) is 20.2 Å². The van der Waals surface area contributed by atoms with Gasteiger partial charge in [0.25, 0.3) is 11.6 Å². The quantitative estimate of drug-likeness (QED) is 0.259. The van der Waals surface area contributed by atoms with E-state index in [1.165, 1.54) is 30.3 Å². The maximum Gasteiger partial charge on any atom is 0.269 e. The number of oxazole rings is 1. The lowest BCUT2D eigenvalue weighted by Gasteiger charge is -2.04. The third kappa shape index (κ3) is 3.70. The Morgan fingerprint density at radius 3 is 2.47 bits per heavy atom. The van der Waals surface area contributed by atoms with Gasteiger partial charge in [0.2, 0.25) is 5.89 Å². The first-order valence-corrected chi connectivity index (χ1v) is 8.81. The summed E-state index contributed by atoms with van der Waals surface area (Å²) >= 11 is 5.96. The van der Waals surface area contributed by atoms with Crippen LogP contribution in [0.5, 0.6) is 0 Å². The lowest BCUT2D eigenvalue weighted by atomic mass is 10.2. The van der Waals surface area contributed by atoms with Crippen molar-refractivity contribution in [2.24, 2.45) is 0 Å². The van der Waals surface area contributed by atoms with E-state index in [-0.39, 0.29) is 27.7 Å². The van der Waals surface area contributed by atoms with Crippen LogP contribution in [0.2, 0.25) is 5.02 Å². The van der Waals surface area contributed by atoms with Crippen molar-refractivity contribution in [3.8, 4) is 11.5 Å². The van der Waals surface area contributed by atoms with Crippen LogP contribution in [0.25, 0.3) is 22.6 Å². The molecular weight excluding hydrogens is 420 g/mol. The summed E-state index contributed by atoms with van der Waals surface area (Å²) in [5.74, 6) is -2.66. The molecule has 3 aromatic carbocycles. The Balaban J connectivity index is 1.60. The summed E-state index contributed by atoms with van der Waals surface area (Å²) in [6, 6.07) is 11.5. The van der Waals surface area contributed by atoms with Gasteiger partial charge in [-0.3, -0.25) is 14.9 Å². The molecule has 0 aliphatic carbocycles. The van der Waals surface area contributed by atoms with Gasteiger partial charge in [0.05, 0.1) is 15.5 Å². The molecule has 150 valence electrons. The van der Waals surface area contributed by atoms with Gasteiger partial charge in [0.1, 0.15) is 5.52 Å². The molecule has 10 heteroatoms. The van der Waals surface area contributed by atoms with Gasteiger partial charge in [-0.2, -0.15) is 0 Å². The molecule has 1 heterocycles. The normalized spacial score (nSPS) is 10.9. The molecule has 0 radical (unpaired) electrons. The molecule has 0 spiro atoms. The first-order chi connectivity index (χ1) is 14.3. The first-order valence-electron chi connectivity index (χ1n) is 8.43. The summed E-state index contributed by atoms with van der Waals surface area (Å²) in [5.41, 5.74) is 1.28. The molecule has 0 aliphatic heterocycles. The fourth-order valence-corrected chi connectivity index (χ4v) is 2.98. The van der Waals surface area contributed by atoms with Crippen LogP contribution in [-0.2, 0) is 0 Å². The number of nitro groups is 1. The third-order valence-corrected chi connectivity index (χ3v) is 4.54. The highest BCUT2D eigenvalue weighted by molar-refractivity contribution is 6.33. The molecule has 4 rings (SSSR count). The highest BCUT2D eigenvalue weighted by Crippen LogP contribution is 2.32. The summed E-state index contributed by atoms with van der Waals surface area (Å²) in [7, 11) is 0. The van der Waals surface area contributed by atoms with E-state index in [0.717, 1.165) is 12.1 Å². The summed E-state index contributed by atoms with van der Waals surface area (Å²) in [5, 5.41) is 13.3. The Morgan fingerprint density at radius 2 is 1.77 bits per heavy atom. The van der Waals surface area contributed by atoms with E-state index in [4.69, 9.17) is 16.0 Å². The summed E-state index contributed by atoms with van der Waals surface area (Å²) in [6.07, 6.45) is 0. The monoisotopic (exact) mass is 429 g/mol. The number of non-ortho nitro benzene ring substituents is 1. The predicted octanol–water partition coefficient (Wildman–Crippen LogP) is 5.59. The number of amides is 1. The van der Waals surface area contributed by atoms with Gasteiger partial charge in [-0.1, -0.05) is 11.6 Å². The zero-order valence-corrected chi connectivity index (χ0v) is 15.6. The number of nitro benzene ring substituents is 1. The van der Waals surface area contributed by atoms with Gasteiger partial charge in [-0.05, 0) is 42.5 Å². The molecule has 0 saturated heterocycles. The predicted molar refractivity (Wildman–Crippen MR) is 105 cm³/mol. The van der Waals surface area contributed by atoms with Gasteiger partial charge in [-0.25, -0.2) is 13.8 Å². The number of nitrogens with one attached hydrogen (secondary N) is 1. The maximum absolute atomic E-state index is 13.6. The topological polar surface area (TPSA) is 98.3 Å². The van der Waals surface area contributed by atoms with E-state index in [2.05, 4.69) is 10.3 Å². The number of anilines is 1. The molecular formula is C20H10ClF2N3O4. The molecule has 0 bridgehead atoms. The van der Waals surface area contributed by atoms with Crippen LogP contribution in [0, 0.1) is 21.7 Å². The van der Waals surface area contributed by atoms with Crippen molar-refractivity contribution >= 4 is 40.0 Å². The van der Waals surface area contributed by atoms with Crippen molar-refractivity contribution in [3.63, 3.8) is 0 Å². The van der Waals surface area contributed by atoms with E-state index in [1.807, 2.05) is 0 Å². The van der Waals surface area contributed by atoms with Crippen molar-refractivity contribution in [1.29, 1.82) is 0 Å². The Hall–Kier alpha value is -3.85. The summed E-state index contributed by atoms with van der Waals surface area (Å²) < 4.78 is 32.4. The standard InChI is InChI=1S/C20H10ClF2N3O4/c21-14-9-16(23)15(22)8-13(14)20-25-17-7-11(3-6-18(17)30-20)24-19(27)10-1-4-12(5-2-10)26(28)29/h1-9H,(H,24,27). The van der Waals surface area contributed by atoms with Crippen molar-refractivity contribution < 1.29 is 22.9 Å².